The van der Waals surface area contributed by atoms with E-state index in [-0.39, 0.29) is 6.54 Å². The number of hydrogen-bond acceptors (Lipinski definition) is 4. The van der Waals surface area contributed by atoms with Crippen LogP contribution in [-0.2, 0) is 14.1 Å². The van der Waals surface area contributed by atoms with Crippen LogP contribution in [0.15, 0.2) is 0 Å². The Bertz CT molecular complexity index is 266. The molecule has 0 amide bonds. The summed E-state index contributed by atoms with van der Waals surface area (Å²) in [5.41, 5.74) is 0. The third-order valence-corrected chi connectivity index (χ3v) is 2.98. The molecular formula is C11H24NO5P. The van der Waals surface area contributed by atoms with E-state index < -0.39 is 19.9 Å². The molecule has 3 N–H and O–H groups in total. The van der Waals surface area contributed by atoms with Crippen molar-refractivity contribution in [3.63, 3.8) is 0 Å². The third kappa shape index (κ3) is 13.6. The highest BCUT2D eigenvalue weighted by molar-refractivity contribution is 7.51. The normalized spacial score (nSPS) is 11.5. The number of ether oxygens (including phenoxy) is 1. The molecule has 0 spiro atoms. The second kappa shape index (κ2) is 10.5. The molecule has 0 aromatic rings. The van der Waals surface area contributed by atoms with Crippen LogP contribution in [0.1, 0.15) is 45.4 Å². The summed E-state index contributed by atoms with van der Waals surface area (Å²) >= 11 is 0. The van der Waals surface area contributed by atoms with Crippen LogP contribution in [0.4, 0.5) is 0 Å². The summed E-state index contributed by atoms with van der Waals surface area (Å²) in [5.74, 6) is -0.475. The second-order valence-corrected chi connectivity index (χ2v) is 5.88. The number of carbonyl (C=O) groups is 1. The minimum atomic E-state index is -4.09. The summed E-state index contributed by atoms with van der Waals surface area (Å²) in [4.78, 5) is 28.2. The predicted octanol–water partition coefficient (Wildman–Crippen LogP) is 1.61. The lowest BCUT2D eigenvalue weighted by Gasteiger charge is -2.07. The standard InChI is InChI=1S/C11H24NO5P/c1-2-3-4-5-6-7-8-17-11(13)9-12-10-18(14,15)16/h12H,2-10H2,1H3,(H2,14,15,16). The molecule has 0 fully saturated rings. The monoisotopic (exact) mass is 281 g/mol. The molecule has 0 aliphatic rings. The fourth-order valence-corrected chi connectivity index (χ4v) is 1.83. The zero-order valence-electron chi connectivity index (χ0n) is 10.9. The molecule has 7 heteroatoms. The van der Waals surface area contributed by atoms with Crippen LogP contribution in [0.3, 0.4) is 0 Å². The van der Waals surface area contributed by atoms with E-state index in [0.717, 1.165) is 19.3 Å². The summed E-state index contributed by atoms with van der Waals surface area (Å²) in [6.45, 7) is 2.37. The maximum Gasteiger partial charge on any atom is 0.339 e. The number of carbonyl (C=O) groups excluding carboxylic acids is 1. The first kappa shape index (κ1) is 17.6. The Morgan fingerprint density at radius 2 is 1.78 bits per heavy atom. The van der Waals surface area contributed by atoms with Gasteiger partial charge in [0.25, 0.3) is 0 Å². The average Bonchev–Trinajstić information content (AvgIpc) is 2.26. The van der Waals surface area contributed by atoms with Gasteiger partial charge in [0, 0.05) is 0 Å². The molecular weight excluding hydrogens is 257 g/mol. The van der Waals surface area contributed by atoms with E-state index in [1.807, 2.05) is 0 Å². The summed E-state index contributed by atoms with van der Waals surface area (Å²) in [6, 6.07) is 0. The van der Waals surface area contributed by atoms with Gasteiger partial charge in [-0.05, 0) is 6.42 Å². The van der Waals surface area contributed by atoms with Crippen molar-refractivity contribution < 1.29 is 23.9 Å². The topological polar surface area (TPSA) is 95.9 Å². The molecule has 0 rings (SSSR count). The molecule has 0 aliphatic heterocycles. The van der Waals surface area contributed by atoms with Crippen molar-refractivity contribution in [1.82, 2.24) is 5.32 Å². The van der Waals surface area contributed by atoms with Crippen molar-refractivity contribution in [2.75, 3.05) is 19.4 Å². The lowest BCUT2D eigenvalue weighted by Crippen LogP contribution is -2.25. The van der Waals surface area contributed by atoms with Crippen LogP contribution in [0.2, 0.25) is 0 Å². The Labute approximate surface area is 108 Å². The zero-order chi connectivity index (χ0) is 13.9. The highest BCUT2D eigenvalue weighted by atomic mass is 31.2. The maximum absolute atomic E-state index is 11.1. The van der Waals surface area contributed by atoms with E-state index in [1.165, 1.54) is 19.3 Å². The van der Waals surface area contributed by atoms with E-state index in [0.29, 0.717) is 6.61 Å². The Kier molecular flexibility index (Phi) is 10.3. The van der Waals surface area contributed by atoms with Gasteiger partial charge in [-0.2, -0.15) is 0 Å². The Morgan fingerprint density at radius 1 is 1.17 bits per heavy atom. The van der Waals surface area contributed by atoms with E-state index in [2.05, 4.69) is 12.2 Å². The predicted molar refractivity (Wildman–Crippen MR) is 69.2 cm³/mol. The first-order chi connectivity index (χ1) is 8.45. The molecule has 18 heavy (non-hydrogen) atoms. The average molecular weight is 281 g/mol. The smallest absolute Gasteiger partial charge is 0.339 e. The molecule has 0 radical (unpaired) electrons. The maximum atomic E-state index is 11.1. The highest BCUT2D eigenvalue weighted by Gasteiger charge is 2.12. The van der Waals surface area contributed by atoms with Gasteiger partial charge in [0.05, 0.1) is 19.4 Å². The Morgan fingerprint density at radius 3 is 2.39 bits per heavy atom. The van der Waals surface area contributed by atoms with E-state index in [9.17, 15) is 9.36 Å². The van der Waals surface area contributed by atoms with Gasteiger partial charge in [0.1, 0.15) is 0 Å². The lowest BCUT2D eigenvalue weighted by molar-refractivity contribution is -0.142. The second-order valence-electron chi connectivity index (χ2n) is 4.24. The fourth-order valence-electron chi connectivity index (χ4n) is 1.42. The quantitative estimate of drug-likeness (QED) is 0.302. The molecule has 0 aromatic heterocycles. The Balaban J connectivity index is 3.30. The summed E-state index contributed by atoms with van der Waals surface area (Å²) in [5, 5.41) is 2.36. The molecule has 0 atom stereocenters. The highest BCUT2D eigenvalue weighted by Crippen LogP contribution is 2.31. The van der Waals surface area contributed by atoms with Gasteiger partial charge >= 0.3 is 13.6 Å². The number of esters is 1. The van der Waals surface area contributed by atoms with Gasteiger partial charge in [-0.15, -0.1) is 0 Å². The first-order valence-corrected chi connectivity index (χ1v) is 8.16. The summed E-state index contributed by atoms with van der Waals surface area (Å²) in [7, 11) is -4.09. The number of rotatable bonds is 11. The van der Waals surface area contributed by atoms with Crippen LogP contribution in [-0.4, -0.2) is 35.2 Å². The number of nitrogens with one attached hydrogen (secondary N) is 1. The van der Waals surface area contributed by atoms with E-state index in [1.54, 1.807) is 0 Å². The SMILES string of the molecule is CCCCCCCCOC(=O)CNCP(=O)(O)O. The lowest BCUT2D eigenvalue weighted by atomic mass is 10.1. The van der Waals surface area contributed by atoms with Crippen LogP contribution >= 0.6 is 7.60 Å². The molecule has 0 bridgehead atoms. The van der Waals surface area contributed by atoms with Crippen LogP contribution in [0.5, 0.6) is 0 Å². The van der Waals surface area contributed by atoms with Crippen LogP contribution in [0, 0.1) is 0 Å². The first-order valence-electron chi connectivity index (χ1n) is 6.36. The van der Waals surface area contributed by atoms with Crippen LogP contribution < -0.4 is 5.32 Å². The minimum Gasteiger partial charge on any atom is -0.465 e. The molecule has 0 unspecified atom stereocenters. The van der Waals surface area contributed by atoms with Gasteiger partial charge in [-0.3, -0.25) is 14.7 Å². The van der Waals surface area contributed by atoms with Crippen molar-refractivity contribution in [3.05, 3.63) is 0 Å². The molecule has 0 saturated heterocycles. The minimum absolute atomic E-state index is 0.166. The molecule has 0 heterocycles. The molecule has 108 valence electrons. The molecule has 6 nitrogen and oxygen atoms in total. The van der Waals surface area contributed by atoms with Crippen molar-refractivity contribution in [2.45, 2.75) is 45.4 Å². The van der Waals surface area contributed by atoms with E-state index in [4.69, 9.17) is 14.5 Å². The van der Waals surface area contributed by atoms with Gasteiger partial charge in [0.15, 0.2) is 0 Å². The van der Waals surface area contributed by atoms with Crippen molar-refractivity contribution in [1.29, 1.82) is 0 Å². The van der Waals surface area contributed by atoms with Gasteiger partial charge in [-0.25, -0.2) is 0 Å². The van der Waals surface area contributed by atoms with Crippen molar-refractivity contribution >= 4 is 13.6 Å². The molecule has 0 aliphatic carbocycles. The molecule has 0 aromatic carbocycles. The van der Waals surface area contributed by atoms with Gasteiger partial charge < -0.3 is 14.5 Å². The zero-order valence-corrected chi connectivity index (χ0v) is 11.8. The van der Waals surface area contributed by atoms with Crippen molar-refractivity contribution in [3.8, 4) is 0 Å². The third-order valence-electron chi connectivity index (χ3n) is 2.35. The van der Waals surface area contributed by atoms with Gasteiger partial charge in [-0.1, -0.05) is 39.0 Å². The summed E-state index contributed by atoms with van der Waals surface area (Å²) in [6.07, 6.45) is 6.21. The molecule has 0 saturated carbocycles. The van der Waals surface area contributed by atoms with E-state index >= 15 is 0 Å². The number of unbranched alkanes of at least 4 members (excludes halogenated alkanes) is 5. The summed E-state index contributed by atoms with van der Waals surface area (Å²) < 4.78 is 15.4. The van der Waals surface area contributed by atoms with Crippen molar-refractivity contribution in [2.24, 2.45) is 0 Å². The Hall–Kier alpha value is -0.420. The van der Waals surface area contributed by atoms with Crippen LogP contribution in [0.25, 0.3) is 0 Å². The largest absolute Gasteiger partial charge is 0.465 e. The fraction of sp³-hybridized carbons (Fsp3) is 0.909. The van der Waals surface area contributed by atoms with Gasteiger partial charge in [0.2, 0.25) is 0 Å². The number of hydrogen-bond donors (Lipinski definition) is 3.